The van der Waals surface area contributed by atoms with Crippen molar-refractivity contribution < 1.29 is 19.1 Å². The van der Waals surface area contributed by atoms with Gasteiger partial charge in [0.25, 0.3) is 0 Å². The molecule has 0 radical (unpaired) electrons. The number of carbonyl (C=O) groups is 2. The van der Waals surface area contributed by atoms with E-state index in [1.165, 1.54) is 18.4 Å². The van der Waals surface area contributed by atoms with Crippen molar-refractivity contribution in [3.63, 3.8) is 0 Å². The quantitative estimate of drug-likeness (QED) is 0.695. The van der Waals surface area contributed by atoms with Crippen LogP contribution < -0.4 is 5.32 Å². The summed E-state index contributed by atoms with van der Waals surface area (Å²) in [7, 11) is 2.95. The van der Waals surface area contributed by atoms with Crippen molar-refractivity contribution in [1.82, 2.24) is 4.90 Å². The first-order valence-corrected chi connectivity index (χ1v) is 8.73. The van der Waals surface area contributed by atoms with Crippen LogP contribution in [-0.4, -0.2) is 50.7 Å². The SMILES string of the molecule is COCCN(CC(=O)Nc1ccsc1C(=O)OC)Cc1ccccc1. The summed E-state index contributed by atoms with van der Waals surface area (Å²) in [6, 6.07) is 11.6. The molecule has 7 heteroatoms. The van der Waals surface area contributed by atoms with E-state index in [9.17, 15) is 9.59 Å². The Morgan fingerprint density at radius 1 is 1.16 bits per heavy atom. The Kier molecular flexibility index (Phi) is 7.59. The van der Waals surface area contributed by atoms with Gasteiger partial charge in [-0.25, -0.2) is 4.79 Å². The molecule has 1 heterocycles. The lowest BCUT2D eigenvalue weighted by Gasteiger charge is -2.21. The van der Waals surface area contributed by atoms with E-state index in [1.807, 2.05) is 35.2 Å². The molecule has 0 aliphatic carbocycles. The van der Waals surface area contributed by atoms with Crippen LogP contribution in [0.1, 0.15) is 15.2 Å². The molecule has 0 aliphatic rings. The second-order valence-corrected chi connectivity index (χ2v) is 6.31. The van der Waals surface area contributed by atoms with Crippen molar-refractivity contribution >= 4 is 28.9 Å². The molecule has 25 heavy (non-hydrogen) atoms. The third-order valence-electron chi connectivity index (χ3n) is 3.54. The van der Waals surface area contributed by atoms with Gasteiger partial charge in [0.15, 0.2) is 0 Å². The minimum absolute atomic E-state index is 0.185. The second kappa shape index (κ2) is 9.93. The standard InChI is InChI=1S/C18H22N2O4S/c1-23-10-9-20(12-14-6-4-3-5-7-14)13-16(21)19-15-8-11-25-17(15)18(22)24-2/h3-8,11H,9-10,12-13H2,1-2H3,(H,19,21). The smallest absolute Gasteiger partial charge is 0.350 e. The topological polar surface area (TPSA) is 67.9 Å². The van der Waals surface area contributed by atoms with Gasteiger partial charge in [-0.15, -0.1) is 11.3 Å². The summed E-state index contributed by atoms with van der Waals surface area (Å²) in [6.45, 7) is 2.01. The van der Waals surface area contributed by atoms with Gasteiger partial charge in [-0.2, -0.15) is 0 Å². The summed E-state index contributed by atoms with van der Waals surface area (Å²) in [6.07, 6.45) is 0. The maximum atomic E-state index is 12.4. The molecule has 6 nitrogen and oxygen atoms in total. The molecule has 0 fully saturated rings. The molecule has 1 amide bonds. The molecule has 0 spiro atoms. The van der Waals surface area contributed by atoms with E-state index in [-0.39, 0.29) is 12.5 Å². The predicted molar refractivity (Wildman–Crippen MR) is 97.9 cm³/mol. The number of carbonyl (C=O) groups excluding carboxylic acids is 2. The normalized spacial score (nSPS) is 10.7. The minimum Gasteiger partial charge on any atom is -0.465 e. The molecule has 0 atom stereocenters. The number of amides is 1. The number of anilines is 1. The van der Waals surface area contributed by atoms with Crippen LogP contribution in [-0.2, 0) is 20.8 Å². The van der Waals surface area contributed by atoms with E-state index in [0.717, 1.165) is 5.56 Å². The highest BCUT2D eigenvalue weighted by atomic mass is 32.1. The Labute approximate surface area is 151 Å². The lowest BCUT2D eigenvalue weighted by molar-refractivity contribution is -0.117. The van der Waals surface area contributed by atoms with Gasteiger partial charge in [0.1, 0.15) is 4.88 Å². The van der Waals surface area contributed by atoms with Gasteiger partial charge in [0, 0.05) is 20.2 Å². The molecular formula is C18H22N2O4S. The Hall–Kier alpha value is -2.22. The van der Waals surface area contributed by atoms with Crippen molar-refractivity contribution in [2.24, 2.45) is 0 Å². The van der Waals surface area contributed by atoms with Crippen LogP contribution in [0.3, 0.4) is 0 Å². The summed E-state index contributed by atoms with van der Waals surface area (Å²) in [5.41, 5.74) is 1.60. The second-order valence-electron chi connectivity index (χ2n) is 5.39. The van der Waals surface area contributed by atoms with Crippen LogP contribution in [0.2, 0.25) is 0 Å². The molecule has 2 rings (SSSR count). The third kappa shape index (κ3) is 5.97. The fourth-order valence-corrected chi connectivity index (χ4v) is 3.09. The van der Waals surface area contributed by atoms with Crippen LogP contribution in [0.25, 0.3) is 0 Å². The van der Waals surface area contributed by atoms with E-state index in [1.54, 1.807) is 18.6 Å². The Morgan fingerprint density at radius 2 is 1.92 bits per heavy atom. The highest BCUT2D eigenvalue weighted by molar-refractivity contribution is 7.12. The predicted octanol–water partition coefficient (Wildman–Crippen LogP) is 2.62. The van der Waals surface area contributed by atoms with Gasteiger partial charge in [-0.05, 0) is 17.0 Å². The largest absolute Gasteiger partial charge is 0.465 e. The van der Waals surface area contributed by atoms with Gasteiger partial charge in [0.05, 0.1) is 25.9 Å². The molecule has 1 N–H and O–H groups in total. The first-order valence-electron chi connectivity index (χ1n) is 7.85. The average Bonchev–Trinajstić information content (AvgIpc) is 3.07. The van der Waals surface area contributed by atoms with E-state index in [4.69, 9.17) is 9.47 Å². The molecule has 1 aromatic carbocycles. The number of nitrogens with zero attached hydrogens (tertiary/aromatic N) is 1. The summed E-state index contributed by atoms with van der Waals surface area (Å²) in [5, 5.41) is 4.53. The van der Waals surface area contributed by atoms with Gasteiger partial charge >= 0.3 is 5.97 Å². The van der Waals surface area contributed by atoms with E-state index in [0.29, 0.717) is 30.3 Å². The number of hydrogen-bond donors (Lipinski definition) is 1. The van der Waals surface area contributed by atoms with Gasteiger partial charge < -0.3 is 14.8 Å². The summed E-state index contributed by atoms with van der Waals surface area (Å²) >= 11 is 1.24. The minimum atomic E-state index is -0.453. The lowest BCUT2D eigenvalue weighted by atomic mass is 10.2. The molecule has 2 aromatic rings. The van der Waals surface area contributed by atoms with Crippen molar-refractivity contribution in [1.29, 1.82) is 0 Å². The summed E-state index contributed by atoms with van der Waals surface area (Å²) in [5.74, 6) is -0.638. The lowest BCUT2D eigenvalue weighted by Crippen LogP contribution is -2.35. The molecule has 0 aliphatic heterocycles. The fourth-order valence-electron chi connectivity index (χ4n) is 2.33. The molecular weight excluding hydrogens is 340 g/mol. The zero-order valence-electron chi connectivity index (χ0n) is 14.4. The maximum Gasteiger partial charge on any atom is 0.350 e. The zero-order valence-corrected chi connectivity index (χ0v) is 15.2. The number of benzene rings is 1. The van der Waals surface area contributed by atoms with Crippen molar-refractivity contribution in [3.8, 4) is 0 Å². The van der Waals surface area contributed by atoms with Crippen LogP contribution in [0.4, 0.5) is 5.69 Å². The van der Waals surface area contributed by atoms with Crippen LogP contribution in [0, 0.1) is 0 Å². The molecule has 0 saturated heterocycles. The van der Waals surface area contributed by atoms with E-state index >= 15 is 0 Å². The van der Waals surface area contributed by atoms with E-state index in [2.05, 4.69) is 5.32 Å². The van der Waals surface area contributed by atoms with Gasteiger partial charge in [0.2, 0.25) is 5.91 Å². The van der Waals surface area contributed by atoms with Crippen LogP contribution in [0.5, 0.6) is 0 Å². The fraction of sp³-hybridized carbons (Fsp3) is 0.333. The van der Waals surface area contributed by atoms with Crippen LogP contribution >= 0.6 is 11.3 Å². The average molecular weight is 362 g/mol. The molecule has 1 aromatic heterocycles. The number of hydrogen-bond acceptors (Lipinski definition) is 6. The highest BCUT2D eigenvalue weighted by Crippen LogP contribution is 2.23. The number of esters is 1. The molecule has 0 saturated carbocycles. The van der Waals surface area contributed by atoms with Gasteiger partial charge in [-0.1, -0.05) is 30.3 Å². The molecule has 0 bridgehead atoms. The van der Waals surface area contributed by atoms with E-state index < -0.39 is 5.97 Å². The Bertz CT molecular complexity index is 687. The van der Waals surface area contributed by atoms with Gasteiger partial charge in [-0.3, -0.25) is 9.69 Å². The first-order chi connectivity index (χ1) is 12.1. The third-order valence-corrected chi connectivity index (χ3v) is 4.43. The first kappa shape index (κ1) is 19.1. The van der Waals surface area contributed by atoms with Crippen molar-refractivity contribution in [2.75, 3.05) is 39.2 Å². The van der Waals surface area contributed by atoms with Crippen molar-refractivity contribution in [2.45, 2.75) is 6.54 Å². The Balaban J connectivity index is 1.99. The van der Waals surface area contributed by atoms with Crippen molar-refractivity contribution in [3.05, 3.63) is 52.2 Å². The molecule has 0 unspecified atom stereocenters. The number of ether oxygens (including phenoxy) is 2. The number of rotatable bonds is 9. The summed E-state index contributed by atoms with van der Waals surface area (Å²) in [4.78, 5) is 26.5. The number of methoxy groups -OCH3 is 2. The summed E-state index contributed by atoms with van der Waals surface area (Å²) < 4.78 is 9.85. The van der Waals surface area contributed by atoms with Crippen LogP contribution in [0.15, 0.2) is 41.8 Å². The monoisotopic (exact) mass is 362 g/mol. The number of thiophene rings is 1. The Morgan fingerprint density at radius 3 is 2.60 bits per heavy atom. The zero-order chi connectivity index (χ0) is 18.1. The number of nitrogens with one attached hydrogen (secondary N) is 1. The molecule has 134 valence electrons. The maximum absolute atomic E-state index is 12.4. The highest BCUT2D eigenvalue weighted by Gasteiger charge is 2.17.